The molecule has 1 aliphatic rings. The maximum absolute atomic E-state index is 11.0. The van der Waals surface area contributed by atoms with E-state index in [4.69, 9.17) is 4.74 Å². The topological polar surface area (TPSA) is 134 Å². The molecule has 8 heteroatoms. The summed E-state index contributed by atoms with van der Waals surface area (Å²) < 4.78 is 5.40. The van der Waals surface area contributed by atoms with Crippen LogP contribution in [0.2, 0.25) is 19.6 Å². The number of rotatable bonds is 5. The zero-order chi connectivity index (χ0) is 23.0. The van der Waals surface area contributed by atoms with Gasteiger partial charge in [0, 0.05) is 5.56 Å². The summed E-state index contributed by atoms with van der Waals surface area (Å²) in [6, 6.07) is 14.9. The predicted octanol–water partition coefficient (Wildman–Crippen LogP) is 0.313. The average molecular weight is 444 g/mol. The van der Waals surface area contributed by atoms with E-state index in [0.29, 0.717) is 17.5 Å². The van der Waals surface area contributed by atoms with Crippen LogP contribution in [-0.2, 0) is 16.9 Å². The van der Waals surface area contributed by atoms with Crippen molar-refractivity contribution in [1.29, 1.82) is 5.26 Å². The largest absolute Gasteiger partial charge is 0.394 e. The van der Waals surface area contributed by atoms with Gasteiger partial charge in [0.05, 0.1) is 26.3 Å². The Morgan fingerprint density at radius 3 is 2.23 bits per heavy atom. The van der Waals surface area contributed by atoms with Crippen molar-refractivity contribution in [2.75, 3.05) is 6.61 Å². The van der Waals surface area contributed by atoms with Crippen LogP contribution in [-0.4, -0.2) is 64.6 Å². The van der Waals surface area contributed by atoms with Crippen LogP contribution in [0.1, 0.15) is 22.3 Å². The molecule has 2 aromatic carbocycles. The van der Waals surface area contributed by atoms with Crippen molar-refractivity contribution < 1.29 is 30.3 Å². The SMILES string of the molecule is C[Si](C)(C)c1ccc(Cc2cc(C3(O)O[C@H](CO)[C@@H](O)[C@H](O)[C@H]3O)ccc2C#N)cc1. The molecule has 7 nitrogen and oxygen atoms in total. The van der Waals surface area contributed by atoms with E-state index in [0.717, 1.165) is 5.56 Å². The van der Waals surface area contributed by atoms with Crippen molar-refractivity contribution in [2.24, 2.45) is 0 Å². The molecule has 0 saturated carbocycles. The van der Waals surface area contributed by atoms with Crippen molar-refractivity contribution in [3.05, 3.63) is 64.7 Å². The summed E-state index contributed by atoms with van der Waals surface area (Å²) in [6.07, 6.45) is -5.98. The van der Waals surface area contributed by atoms with Gasteiger partial charge in [0.15, 0.2) is 0 Å². The highest BCUT2D eigenvalue weighted by Gasteiger charge is 2.53. The smallest absolute Gasteiger partial charge is 0.222 e. The molecule has 0 amide bonds. The summed E-state index contributed by atoms with van der Waals surface area (Å²) in [5.41, 5.74) is 2.13. The number of ether oxygens (including phenoxy) is 1. The number of nitrogens with zero attached hydrogens (tertiary/aromatic N) is 1. The lowest BCUT2D eigenvalue weighted by molar-refractivity contribution is -0.357. The van der Waals surface area contributed by atoms with Gasteiger partial charge in [0.2, 0.25) is 5.79 Å². The lowest BCUT2D eigenvalue weighted by atomic mass is 9.86. The summed E-state index contributed by atoms with van der Waals surface area (Å²) >= 11 is 0. The van der Waals surface area contributed by atoms with Crippen LogP contribution in [0.15, 0.2) is 42.5 Å². The Hall–Kier alpha value is -2.09. The lowest BCUT2D eigenvalue weighted by Gasteiger charge is -2.45. The standard InChI is InChI=1S/C23H29NO6Si/c1-31(2,3)18-8-4-14(5-9-18)10-16-11-17(7-6-15(16)12-24)23(29)22(28)21(27)20(26)19(13-25)30-23/h4-9,11,19-22,25-29H,10,13H2,1-3H3/t19-,20-,21+,22-,23?/m1/s1. The normalized spacial score (nSPS) is 28.9. The van der Waals surface area contributed by atoms with Gasteiger partial charge >= 0.3 is 0 Å². The van der Waals surface area contributed by atoms with E-state index in [2.05, 4.69) is 37.8 Å². The fraction of sp³-hybridized carbons (Fsp3) is 0.435. The maximum Gasteiger partial charge on any atom is 0.222 e. The molecular formula is C23H29NO6Si. The molecule has 0 radical (unpaired) electrons. The third-order valence-corrected chi connectivity index (χ3v) is 7.89. The number of nitriles is 1. The van der Waals surface area contributed by atoms with Gasteiger partial charge in [-0.05, 0) is 29.7 Å². The first-order valence-electron chi connectivity index (χ1n) is 10.2. The maximum atomic E-state index is 11.0. The van der Waals surface area contributed by atoms with Gasteiger partial charge < -0.3 is 30.3 Å². The average Bonchev–Trinajstić information content (AvgIpc) is 2.74. The fourth-order valence-electron chi connectivity index (χ4n) is 3.81. The van der Waals surface area contributed by atoms with Crippen molar-refractivity contribution in [3.63, 3.8) is 0 Å². The number of hydrogen-bond acceptors (Lipinski definition) is 7. The van der Waals surface area contributed by atoms with Crippen LogP contribution < -0.4 is 5.19 Å². The van der Waals surface area contributed by atoms with Crippen LogP contribution in [0.25, 0.3) is 0 Å². The number of benzene rings is 2. The zero-order valence-electron chi connectivity index (χ0n) is 17.9. The summed E-state index contributed by atoms with van der Waals surface area (Å²) in [5, 5.41) is 61.8. The predicted molar refractivity (Wildman–Crippen MR) is 117 cm³/mol. The summed E-state index contributed by atoms with van der Waals surface area (Å²) in [6.45, 7) is 6.14. The molecule has 1 unspecified atom stereocenters. The van der Waals surface area contributed by atoms with E-state index in [9.17, 15) is 30.8 Å². The number of hydrogen-bond donors (Lipinski definition) is 5. The highest BCUT2D eigenvalue weighted by Crippen LogP contribution is 2.37. The molecule has 0 bridgehead atoms. The van der Waals surface area contributed by atoms with E-state index >= 15 is 0 Å². The van der Waals surface area contributed by atoms with E-state index in [1.165, 1.54) is 17.3 Å². The third kappa shape index (κ3) is 4.59. The number of aliphatic hydroxyl groups is 5. The molecule has 166 valence electrons. The van der Waals surface area contributed by atoms with E-state index in [-0.39, 0.29) is 5.56 Å². The molecule has 0 aromatic heterocycles. The molecule has 5 N–H and O–H groups in total. The second-order valence-electron chi connectivity index (χ2n) is 9.07. The Balaban J connectivity index is 1.96. The molecule has 1 saturated heterocycles. The molecule has 3 rings (SSSR count). The summed E-state index contributed by atoms with van der Waals surface area (Å²) in [7, 11) is -1.43. The van der Waals surface area contributed by atoms with Gasteiger partial charge in [0.25, 0.3) is 0 Å². The van der Waals surface area contributed by atoms with Crippen molar-refractivity contribution in [2.45, 2.75) is 56.3 Å². The van der Waals surface area contributed by atoms with Gasteiger partial charge in [-0.15, -0.1) is 0 Å². The molecule has 5 atom stereocenters. The minimum Gasteiger partial charge on any atom is -0.394 e. The molecule has 0 aliphatic carbocycles. The van der Waals surface area contributed by atoms with Crippen LogP contribution in [0.5, 0.6) is 0 Å². The Morgan fingerprint density at radius 2 is 1.68 bits per heavy atom. The van der Waals surface area contributed by atoms with Gasteiger partial charge in [-0.25, -0.2) is 0 Å². The first kappa shape index (κ1) is 23.6. The molecule has 0 spiro atoms. The van der Waals surface area contributed by atoms with E-state index in [1.807, 2.05) is 12.1 Å². The van der Waals surface area contributed by atoms with Crippen molar-refractivity contribution in [3.8, 4) is 6.07 Å². The molecule has 1 aliphatic heterocycles. The Labute approximate surface area is 182 Å². The summed E-state index contributed by atoms with van der Waals surface area (Å²) in [5.74, 6) is -2.35. The lowest BCUT2D eigenvalue weighted by Crippen LogP contribution is -2.63. The molecule has 1 heterocycles. The second-order valence-corrected chi connectivity index (χ2v) is 14.1. The van der Waals surface area contributed by atoms with Crippen LogP contribution in [0.4, 0.5) is 0 Å². The monoisotopic (exact) mass is 443 g/mol. The van der Waals surface area contributed by atoms with E-state index in [1.54, 1.807) is 6.07 Å². The Morgan fingerprint density at radius 1 is 1.03 bits per heavy atom. The quantitative estimate of drug-likeness (QED) is 0.420. The van der Waals surface area contributed by atoms with E-state index < -0.39 is 44.9 Å². The third-order valence-electron chi connectivity index (χ3n) is 5.82. The first-order chi connectivity index (χ1) is 14.5. The summed E-state index contributed by atoms with van der Waals surface area (Å²) in [4.78, 5) is 0. The highest BCUT2D eigenvalue weighted by atomic mass is 28.3. The Bertz CT molecular complexity index is 966. The number of aliphatic hydroxyl groups excluding tert-OH is 4. The van der Waals surface area contributed by atoms with Gasteiger partial charge in [-0.3, -0.25) is 0 Å². The molecule has 31 heavy (non-hydrogen) atoms. The highest BCUT2D eigenvalue weighted by molar-refractivity contribution is 6.88. The molecule has 1 fully saturated rings. The van der Waals surface area contributed by atoms with Crippen molar-refractivity contribution in [1.82, 2.24) is 0 Å². The molecule has 2 aromatic rings. The van der Waals surface area contributed by atoms with Crippen LogP contribution >= 0.6 is 0 Å². The van der Waals surface area contributed by atoms with Crippen LogP contribution in [0, 0.1) is 11.3 Å². The zero-order valence-corrected chi connectivity index (χ0v) is 18.9. The van der Waals surface area contributed by atoms with Crippen molar-refractivity contribution >= 4 is 13.3 Å². The Kier molecular flexibility index (Phi) is 6.69. The van der Waals surface area contributed by atoms with Gasteiger partial charge in [0.1, 0.15) is 24.4 Å². The van der Waals surface area contributed by atoms with Crippen LogP contribution in [0.3, 0.4) is 0 Å². The minimum atomic E-state index is -2.35. The van der Waals surface area contributed by atoms with Gasteiger partial charge in [-0.1, -0.05) is 55.2 Å². The second kappa shape index (κ2) is 8.80. The fourth-order valence-corrected chi connectivity index (χ4v) is 4.97. The first-order valence-corrected chi connectivity index (χ1v) is 13.7. The minimum absolute atomic E-state index is 0.122. The van der Waals surface area contributed by atoms with Gasteiger partial charge in [-0.2, -0.15) is 5.26 Å². The molecular weight excluding hydrogens is 414 g/mol.